The van der Waals surface area contributed by atoms with Gasteiger partial charge in [0.1, 0.15) is 12.2 Å². The molecule has 3 aliphatic heterocycles. The maximum Gasteiger partial charge on any atom is 0.302 e. The molecular formula is C46H64N2O5. The Kier molecular flexibility index (Phi) is 10.1. The first-order valence-electron chi connectivity index (χ1n) is 21.2. The zero-order valence-corrected chi connectivity index (χ0v) is 33.0. The van der Waals surface area contributed by atoms with Gasteiger partial charge in [-0.2, -0.15) is 0 Å². The Balaban J connectivity index is 1.01. The van der Waals surface area contributed by atoms with Crippen LogP contribution in [0.25, 0.3) is 10.9 Å². The van der Waals surface area contributed by atoms with Gasteiger partial charge in [-0.15, -0.1) is 6.58 Å². The van der Waals surface area contributed by atoms with Gasteiger partial charge in [-0.1, -0.05) is 45.0 Å². The van der Waals surface area contributed by atoms with E-state index < -0.39 is 6.10 Å². The number of hydrogen-bond acceptors (Lipinski definition) is 7. The highest BCUT2D eigenvalue weighted by molar-refractivity contribution is 5.82. The molecule has 288 valence electrons. The van der Waals surface area contributed by atoms with Gasteiger partial charge in [0, 0.05) is 42.9 Å². The van der Waals surface area contributed by atoms with Crippen molar-refractivity contribution in [3.05, 3.63) is 54.2 Å². The summed E-state index contributed by atoms with van der Waals surface area (Å²) in [5.74, 6) is 4.00. The number of ether oxygens (including phenoxy) is 2. The number of pyridine rings is 1. The van der Waals surface area contributed by atoms with Gasteiger partial charge in [0.2, 0.25) is 0 Å². The zero-order valence-electron chi connectivity index (χ0n) is 33.0. The number of carbonyl (C=O) groups is 2. The number of benzene rings is 1. The van der Waals surface area contributed by atoms with Crippen molar-refractivity contribution in [3.8, 4) is 0 Å². The number of aryl methyl sites for hydroxylation is 1. The molecule has 0 amide bonds. The molecule has 9 rings (SSSR count). The lowest BCUT2D eigenvalue weighted by Gasteiger charge is -2.62. The normalized spacial score (nSPS) is 41.4. The van der Waals surface area contributed by atoms with Crippen molar-refractivity contribution in [1.29, 1.82) is 0 Å². The Hall–Kier alpha value is -2.77. The summed E-state index contributed by atoms with van der Waals surface area (Å²) in [6, 6.07) is 10.7. The molecule has 7 fully saturated rings. The van der Waals surface area contributed by atoms with Crippen molar-refractivity contribution in [1.82, 2.24) is 9.88 Å². The van der Waals surface area contributed by atoms with Gasteiger partial charge in [-0.05, 0) is 154 Å². The first-order chi connectivity index (χ1) is 25.4. The van der Waals surface area contributed by atoms with E-state index in [1.807, 2.05) is 0 Å². The molecular weight excluding hydrogens is 661 g/mol. The van der Waals surface area contributed by atoms with Crippen LogP contribution < -0.4 is 0 Å². The van der Waals surface area contributed by atoms with Crippen LogP contribution in [0.4, 0.5) is 0 Å². The number of aliphatic hydroxyl groups excluding tert-OH is 1. The lowest BCUT2D eigenvalue weighted by atomic mass is 9.43. The Morgan fingerprint density at radius 2 is 1.81 bits per heavy atom. The molecule has 7 aliphatic rings. The Morgan fingerprint density at radius 1 is 1.02 bits per heavy atom. The summed E-state index contributed by atoms with van der Waals surface area (Å²) in [4.78, 5) is 32.3. The Labute approximate surface area is 317 Å². The number of rotatable bonds is 9. The van der Waals surface area contributed by atoms with Gasteiger partial charge in [0.05, 0.1) is 11.6 Å². The fraction of sp³-hybridized carbons (Fsp3) is 0.717. The molecule has 7 heteroatoms. The summed E-state index contributed by atoms with van der Waals surface area (Å²) in [5.41, 5.74) is 3.20. The third-order valence-electron chi connectivity index (χ3n) is 16.6. The van der Waals surface area contributed by atoms with E-state index in [1.54, 1.807) is 6.92 Å². The van der Waals surface area contributed by atoms with E-state index >= 15 is 0 Å². The number of aromatic nitrogens is 1. The van der Waals surface area contributed by atoms with Crippen molar-refractivity contribution in [2.45, 2.75) is 136 Å². The van der Waals surface area contributed by atoms with Crippen molar-refractivity contribution >= 4 is 22.8 Å². The van der Waals surface area contributed by atoms with Crippen molar-refractivity contribution in [2.75, 3.05) is 13.1 Å². The molecule has 53 heavy (non-hydrogen) atoms. The molecule has 0 spiro atoms. The summed E-state index contributed by atoms with van der Waals surface area (Å²) in [5, 5.41) is 13.1. The van der Waals surface area contributed by atoms with E-state index in [-0.39, 0.29) is 41.0 Å². The highest BCUT2D eigenvalue weighted by Gasteiger charge is 2.65. The Morgan fingerprint density at radius 3 is 2.55 bits per heavy atom. The summed E-state index contributed by atoms with van der Waals surface area (Å²) < 4.78 is 12.2. The molecule has 3 saturated heterocycles. The van der Waals surface area contributed by atoms with Gasteiger partial charge >= 0.3 is 11.9 Å². The molecule has 0 radical (unpaired) electrons. The average Bonchev–Trinajstić information content (AvgIpc) is 3.51. The van der Waals surface area contributed by atoms with Gasteiger partial charge in [0.25, 0.3) is 0 Å². The molecule has 4 saturated carbocycles. The lowest BCUT2D eigenvalue weighted by Crippen LogP contribution is -2.59. The van der Waals surface area contributed by atoms with E-state index in [0.717, 1.165) is 80.2 Å². The van der Waals surface area contributed by atoms with Crippen molar-refractivity contribution in [2.24, 2.45) is 58.2 Å². The maximum absolute atomic E-state index is 12.8. The number of piperidine rings is 3. The first-order valence-corrected chi connectivity index (χ1v) is 21.2. The van der Waals surface area contributed by atoms with Gasteiger partial charge in [-0.3, -0.25) is 19.5 Å². The first kappa shape index (κ1) is 37.2. The summed E-state index contributed by atoms with van der Waals surface area (Å²) in [7, 11) is 0. The predicted octanol–water partition coefficient (Wildman–Crippen LogP) is 8.87. The number of hydrogen-bond donors (Lipinski definition) is 1. The maximum atomic E-state index is 12.8. The van der Waals surface area contributed by atoms with Crippen LogP contribution in [0.2, 0.25) is 0 Å². The van der Waals surface area contributed by atoms with Gasteiger partial charge < -0.3 is 14.6 Å². The minimum Gasteiger partial charge on any atom is -0.463 e. The fourth-order valence-corrected chi connectivity index (χ4v) is 14.0. The minimum atomic E-state index is -0.546. The van der Waals surface area contributed by atoms with Crippen molar-refractivity contribution < 1.29 is 24.2 Å². The highest BCUT2D eigenvalue weighted by atomic mass is 16.5. The number of para-hydroxylation sites is 1. The number of carbonyl (C=O) groups excluding carboxylic acids is 2. The van der Waals surface area contributed by atoms with E-state index in [2.05, 4.69) is 68.7 Å². The largest absolute Gasteiger partial charge is 0.463 e. The van der Waals surface area contributed by atoms with Gasteiger partial charge in [-0.25, -0.2) is 0 Å². The molecule has 1 aromatic carbocycles. The second-order valence-electron chi connectivity index (χ2n) is 19.0. The smallest absolute Gasteiger partial charge is 0.302 e. The van der Waals surface area contributed by atoms with Crippen LogP contribution in [-0.2, 0) is 25.5 Å². The third-order valence-corrected chi connectivity index (χ3v) is 16.6. The van der Waals surface area contributed by atoms with Crippen LogP contribution >= 0.6 is 0 Å². The number of aliphatic hydroxyl groups is 1. The second kappa shape index (κ2) is 14.4. The van der Waals surface area contributed by atoms with Crippen LogP contribution in [0.5, 0.6) is 0 Å². The zero-order chi connectivity index (χ0) is 37.2. The fourth-order valence-electron chi connectivity index (χ4n) is 14.0. The SMILES string of the molecule is C=C[C@H]1CN2CC[C@H]1C[C@H]2[C@H](O)c1cc(CC[C@@H](C)[C@H]2CC[C@H]3[C@@H]4CC[C@@H]5C[C@H](OC(C)=O)CC[C@]5(C)[C@H]4C[C@H](OC(C)=O)[C@]23C)nc2ccccc12. The summed E-state index contributed by atoms with van der Waals surface area (Å²) >= 11 is 0. The Bertz CT molecular complexity index is 1710. The van der Waals surface area contributed by atoms with E-state index in [1.165, 1.54) is 39.0 Å². The highest BCUT2D eigenvalue weighted by Crippen LogP contribution is 2.69. The van der Waals surface area contributed by atoms with E-state index in [9.17, 15) is 14.7 Å². The standard InChI is InChI=1S/C46H64N2O5/c1-7-30-26-48-21-19-31(30)22-42(48)44(51)37-24-33(47-41-11-9-8-10-35(37)41)14-12-27(2)38-16-17-39-36-15-13-32-23-34(52-28(3)49)18-20-45(32,5)40(36)25-43(46(38,39)6)53-29(4)50/h7-11,24,27,30-32,34,36,38-40,42-44,51H,1,12-23,25-26H2,2-6H3/t27-,30+,31+,32-,34-,36+,38-,39+,40+,42+,43+,44-,45+,46-/m1/s1. The average molecular weight is 725 g/mol. The summed E-state index contributed by atoms with van der Waals surface area (Å²) in [6.45, 7) is 16.7. The lowest BCUT2D eigenvalue weighted by molar-refractivity contribution is -0.197. The predicted molar refractivity (Wildman–Crippen MR) is 208 cm³/mol. The monoisotopic (exact) mass is 724 g/mol. The molecule has 2 aromatic rings. The van der Waals surface area contributed by atoms with E-state index in [4.69, 9.17) is 14.5 Å². The molecule has 4 aliphatic carbocycles. The number of fused-ring (bicyclic) bond motifs is 9. The topological polar surface area (TPSA) is 89.0 Å². The molecule has 7 nitrogen and oxygen atoms in total. The molecule has 15 atom stereocenters. The van der Waals surface area contributed by atoms with Crippen LogP contribution in [0.3, 0.4) is 0 Å². The number of nitrogens with zero attached hydrogens (tertiary/aromatic N) is 2. The second-order valence-corrected chi connectivity index (χ2v) is 19.0. The quantitative estimate of drug-likeness (QED) is 0.204. The molecule has 4 heterocycles. The summed E-state index contributed by atoms with van der Waals surface area (Å²) in [6.07, 6.45) is 14.4. The minimum absolute atomic E-state index is 0.0404. The van der Waals surface area contributed by atoms with Crippen LogP contribution in [0, 0.1) is 58.2 Å². The van der Waals surface area contributed by atoms with Crippen LogP contribution in [-0.4, -0.2) is 58.3 Å². The molecule has 1 N–H and O–H groups in total. The van der Waals surface area contributed by atoms with Gasteiger partial charge in [0.15, 0.2) is 0 Å². The van der Waals surface area contributed by atoms with Crippen molar-refractivity contribution in [3.63, 3.8) is 0 Å². The molecule has 1 unspecified atom stereocenters. The van der Waals surface area contributed by atoms with Crippen LogP contribution in [0.1, 0.15) is 123 Å². The molecule has 1 aromatic heterocycles. The van der Waals surface area contributed by atoms with E-state index in [0.29, 0.717) is 47.3 Å². The number of esters is 2. The van der Waals surface area contributed by atoms with Crippen LogP contribution in [0.15, 0.2) is 43.0 Å². The third kappa shape index (κ3) is 6.48. The molecule has 2 bridgehead atoms.